The molecule has 20 heavy (non-hydrogen) atoms. The number of benzene rings is 2. The highest BCUT2D eigenvalue weighted by molar-refractivity contribution is 6.11. The molecule has 0 saturated carbocycles. The minimum Gasteiger partial charge on any atom is -0.454 e. The maximum Gasteiger partial charge on any atom is 0.266 e. The van der Waals surface area contributed by atoms with Crippen LogP contribution in [0, 0.1) is 0 Å². The van der Waals surface area contributed by atoms with E-state index in [-0.39, 0.29) is 5.91 Å². The molecule has 2 aromatic carbocycles. The van der Waals surface area contributed by atoms with Crippen LogP contribution in [0.15, 0.2) is 60.3 Å². The number of fused-ring (bicyclic) bond motifs is 2. The van der Waals surface area contributed by atoms with Crippen LogP contribution in [0.4, 0.5) is 5.69 Å². The fourth-order valence-corrected chi connectivity index (χ4v) is 2.29. The third kappa shape index (κ3) is 1.88. The van der Waals surface area contributed by atoms with Crippen molar-refractivity contribution in [2.45, 2.75) is 13.8 Å². The highest BCUT2D eigenvalue weighted by atomic mass is 16.5. The maximum absolute atomic E-state index is 12.8. The summed E-state index contributed by atoms with van der Waals surface area (Å²) in [6.07, 6.45) is 1.92. The van der Waals surface area contributed by atoms with E-state index in [0.717, 1.165) is 11.4 Å². The van der Waals surface area contributed by atoms with E-state index >= 15 is 0 Å². The van der Waals surface area contributed by atoms with Gasteiger partial charge in [0.15, 0.2) is 5.75 Å². The lowest BCUT2D eigenvalue weighted by molar-refractivity contribution is 0.0995. The van der Waals surface area contributed by atoms with Crippen molar-refractivity contribution in [3.63, 3.8) is 0 Å². The molecule has 3 rings (SSSR count). The topological polar surface area (TPSA) is 29.5 Å². The number of para-hydroxylation sites is 3. The molecule has 0 radical (unpaired) electrons. The molecule has 0 atom stereocenters. The number of nitrogens with zero attached hydrogens (tertiary/aromatic N) is 1. The van der Waals surface area contributed by atoms with E-state index < -0.39 is 0 Å². The fourth-order valence-electron chi connectivity index (χ4n) is 2.29. The molecule has 2 aromatic rings. The van der Waals surface area contributed by atoms with Crippen LogP contribution in [0.5, 0.6) is 11.5 Å². The van der Waals surface area contributed by atoms with Crippen LogP contribution in [-0.4, -0.2) is 5.91 Å². The normalized spacial score (nSPS) is 14.2. The highest BCUT2D eigenvalue weighted by Gasteiger charge is 2.28. The second-order valence-corrected chi connectivity index (χ2v) is 4.64. The summed E-state index contributed by atoms with van der Waals surface area (Å²) < 4.78 is 5.91. The molecule has 1 aliphatic rings. The fraction of sp³-hybridized carbons (Fsp3) is 0.118. The summed E-state index contributed by atoms with van der Waals surface area (Å²) in [4.78, 5) is 14.5. The van der Waals surface area contributed by atoms with Gasteiger partial charge >= 0.3 is 0 Å². The van der Waals surface area contributed by atoms with Crippen LogP contribution in [0.1, 0.15) is 24.2 Å². The van der Waals surface area contributed by atoms with Crippen molar-refractivity contribution in [2.24, 2.45) is 0 Å². The molecule has 1 heterocycles. The molecule has 100 valence electrons. The molecule has 1 aliphatic heterocycles. The van der Waals surface area contributed by atoms with Gasteiger partial charge in [0.2, 0.25) is 0 Å². The minimum absolute atomic E-state index is 0.0684. The van der Waals surface area contributed by atoms with Crippen molar-refractivity contribution in [2.75, 3.05) is 4.90 Å². The number of carbonyl (C=O) groups excluding carboxylic acids is 1. The predicted molar refractivity (Wildman–Crippen MR) is 79.2 cm³/mol. The van der Waals surface area contributed by atoms with Gasteiger partial charge in [-0.15, -0.1) is 0 Å². The van der Waals surface area contributed by atoms with Crippen molar-refractivity contribution in [3.8, 4) is 11.5 Å². The Bertz CT molecular complexity index is 704. The lowest BCUT2D eigenvalue weighted by Gasteiger charge is -2.22. The zero-order chi connectivity index (χ0) is 14.1. The monoisotopic (exact) mass is 265 g/mol. The van der Waals surface area contributed by atoms with E-state index in [1.54, 1.807) is 11.0 Å². The van der Waals surface area contributed by atoms with Gasteiger partial charge in [-0.2, -0.15) is 0 Å². The summed E-state index contributed by atoms with van der Waals surface area (Å²) in [7, 11) is 0. The zero-order valence-electron chi connectivity index (χ0n) is 11.5. The van der Waals surface area contributed by atoms with Crippen LogP contribution in [0.3, 0.4) is 0 Å². The zero-order valence-corrected chi connectivity index (χ0v) is 11.5. The van der Waals surface area contributed by atoms with Gasteiger partial charge in [0.05, 0.1) is 11.3 Å². The standard InChI is InChI=1S/C17H15NO2/c1-3-12(2)18-14-9-5-7-11-16(14)20-15-10-6-4-8-13(15)17(18)19/h3-11H,1-2H3/b12-3+. The Morgan fingerprint density at radius 1 is 1.05 bits per heavy atom. The van der Waals surface area contributed by atoms with Crippen LogP contribution >= 0.6 is 0 Å². The highest BCUT2D eigenvalue weighted by Crippen LogP contribution is 2.40. The number of hydrogen-bond acceptors (Lipinski definition) is 2. The Morgan fingerprint density at radius 2 is 1.70 bits per heavy atom. The number of carbonyl (C=O) groups is 1. The molecule has 0 saturated heterocycles. The van der Waals surface area contributed by atoms with Gasteiger partial charge in [0.25, 0.3) is 5.91 Å². The number of hydrogen-bond donors (Lipinski definition) is 0. The summed E-state index contributed by atoms with van der Waals surface area (Å²) in [6, 6.07) is 14.9. The predicted octanol–water partition coefficient (Wildman–Crippen LogP) is 4.36. The van der Waals surface area contributed by atoms with Gasteiger partial charge in [0.1, 0.15) is 5.75 Å². The van der Waals surface area contributed by atoms with E-state index in [4.69, 9.17) is 4.74 Å². The molecule has 0 bridgehead atoms. The first kappa shape index (κ1) is 12.5. The lowest BCUT2D eigenvalue weighted by atomic mass is 10.1. The molecule has 0 aromatic heterocycles. The molecule has 0 N–H and O–H groups in total. The van der Waals surface area contributed by atoms with E-state index in [2.05, 4.69) is 0 Å². The maximum atomic E-state index is 12.8. The van der Waals surface area contributed by atoms with E-state index in [1.165, 1.54) is 0 Å². The van der Waals surface area contributed by atoms with Gasteiger partial charge < -0.3 is 4.74 Å². The first-order valence-corrected chi connectivity index (χ1v) is 6.55. The molecular formula is C17H15NO2. The SMILES string of the molecule is C/C=C(\C)N1C(=O)c2ccccc2Oc2ccccc21. The molecule has 3 heteroatoms. The van der Waals surface area contributed by atoms with E-state index in [0.29, 0.717) is 17.1 Å². The molecule has 0 unspecified atom stereocenters. The van der Waals surface area contributed by atoms with Gasteiger partial charge in [-0.05, 0) is 38.1 Å². The smallest absolute Gasteiger partial charge is 0.266 e. The van der Waals surface area contributed by atoms with Crippen molar-refractivity contribution in [3.05, 3.63) is 65.9 Å². The Morgan fingerprint density at radius 3 is 2.45 bits per heavy atom. The quantitative estimate of drug-likeness (QED) is 0.766. The first-order chi connectivity index (χ1) is 9.72. The molecule has 0 fully saturated rings. The molecule has 0 aliphatic carbocycles. The Balaban J connectivity index is 2.27. The van der Waals surface area contributed by atoms with Crippen LogP contribution in [-0.2, 0) is 0 Å². The molecule has 0 spiro atoms. The largest absolute Gasteiger partial charge is 0.454 e. The summed E-state index contributed by atoms with van der Waals surface area (Å²) in [5.41, 5.74) is 2.22. The summed E-state index contributed by atoms with van der Waals surface area (Å²) >= 11 is 0. The lowest BCUT2D eigenvalue weighted by Crippen LogP contribution is -2.28. The molecular weight excluding hydrogens is 250 g/mol. The van der Waals surface area contributed by atoms with Gasteiger partial charge in [0, 0.05) is 5.70 Å². The average Bonchev–Trinajstić information content (AvgIpc) is 2.61. The number of rotatable bonds is 1. The van der Waals surface area contributed by atoms with Gasteiger partial charge in [-0.1, -0.05) is 30.3 Å². The molecule has 3 nitrogen and oxygen atoms in total. The first-order valence-electron chi connectivity index (χ1n) is 6.55. The van der Waals surface area contributed by atoms with E-state index in [1.807, 2.05) is 62.4 Å². The van der Waals surface area contributed by atoms with Crippen LogP contribution < -0.4 is 9.64 Å². The third-order valence-electron chi connectivity index (χ3n) is 3.42. The number of amides is 1. The summed E-state index contributed by atoms with van der Waals surface area (Å²) in [5.74, 6) is 1.21. The van der Waals surface area contributed by atoms with Crippen molar-refractivity contribution < 1.29 is 9.53 Å². The van der Waals surface area contributed by atoms with Crippen LogP contribution in [0.25, 0.3) is 0 Å². The van der Waals surface area contributed by atoms with E-state index in [9.17, 15) is 4.79 Å². The van der Waals surface area contributed by atoms with Gasteiger partial charge in [-0.3, -0.25) is 9.69 Å². The Kier molecular flexibility index (Phi) is 3.03. The second kappa shape index (κ2) is 4.85. The summed E-state index contributed by atoms with van der Waals surface area (Å²) in [5, 5.41) is 0. The number of allylic oxidation sites excluding steroid dienone is 2. The Labute approximate surface area is 118 Å². The minimum atomic E-state index is -0.0684. The van der Waals surface area contributed by atoms with Gasteiger partial charge in [-0.25, -0.2) is 0 Å². The van der Waals surface area contributed by atoms with Crippen molar-refractivity contribution in [1.82, 2.24) is 0 Å². The number of anilines is 1. The Hall–Kier alpha value is -2.55. The van der Waals surface area contributed by atoms with Crippen molar-refractivity contribution >= 4 is 11.6 Å². The van der Waals surface area contributed by atoms with Crippen LogP contribution in [0.2, 0.25) is 0 Å². The summed E-state index contributed by atoms with van der Waals surface area (Å²) in [6.45, 7) is 3.84. The average molecular weight is 265 g/mol. The number of ether oxygens (including phenoxy) is 1. The third-order valence-corrected chi connectivity index (χ3v) is 3.42. The van der Waals surface area contributed by atoms with Crippen molar-refractivity contribution in [1.29, 1.82) is 0 Å². The second-order valence-electron chi connectivity index (χ2n) is 4.64. The molecule has 1 amide bonds.